The lowest BCUT2D eigenvalue weighted by atomic mass is 9.92. The maximum Gasteiger partial charge on any atom is 0.246 e. The van der Waals surface area contributed by atoms with Crippen molar-refractivity contribution in [1.29, 1.82) is 0 Å². The summed E-state index contributed by atoms with van der Waals surface area (Å²) in [6.07, 6.45) is 1.52. The normalized spacial score (nSPS) is 17.2. The number of hydrogen-bond donors (Lipinski definition) is 2. The minimum Gasteiger partial charge on any atom is -0.353 e. The van der Waals surface area contributed by atoms with Crippen molar-refractivity contribution in [2.45, 2.75) is 52.6 Å². The molecule has 3 rings (SSSR count). The molecule has 1 heterocycles. The highest BCUT2D eigenvalue weighted by Crippen LogP contribution is 2.28. The first kappa shape index (κ1) is 23.0. The second kappa shape index (κ2) is 10.6. The molecule has 5 heteroatoms. The zero-order valence-electron chi connectivity index (χ0n) is 19.1. The molecule has 5 nitrogen and oxygen atoms in total. The van der Waals surface area contributed by atoms with Crippen molar-refractivity contribution in [3.8, 4) is 0 Å². The Kier molecular flexibility index (Phi) is 7.85. The molecule has 2 atom stereocenters. The van der Waals surface area contributed by atoms with Crippen molar-refractivity contribution in [2.24, 2.45) is 11.8 Å². The largest absolute Gasteiger partial charge is 0.353 e. The van der Waals surface area contributed by atoms with Crippen LogP contribution < -0.4 is 10.6 Å². The fraction of sp³-hybridized carbons (Fsp3) is 0.462. The Morgan fingerprint density at radius 2 is 1.55 bits per heavy atom. The van der Waals surface area contributed by atoms with Crippen LogP contribution in [0.3, 0.4) is 0 Å². The fourth-order valence-electron chi connectivity index (χ4n) is 3.94. The highest BCUT2D eigenvalue weighted by molar-refractivity contribution is 5.95. The third-order valence-electron chi connectivity index (χ3n) is 6.32. The molecule has 0 radical (unpaired) electrons. The van der Waals surface area contributed by atoms with Gasteiger partial charge in [-0.15, -0.1) is 0 Å². The SMILES string of the molecule is Cc1ccc(NC(=O)[C@H](c2ccccc2)N2CCC(C(=O)N[C@H](C)C(C)C)CC2)cc1. The fourth-order valence-corrected chi connectivity index (χ4v) is 3.94. The van der Waals surface area contributed by atoms with Crippen LogP contribution >= 0.6 is 0 Å². The van der Waals surface area contributed by atoms with Gasteiger partial charge in [-0.1, -0.05) is 61.9 Å². The van der Waals surface area contributed by atoms with Gasteiger partial charge in [0, 0.05) is 17.6 Å². The number of piperidine rings is 1. The Morgan fingerprint density at radius 1 is 0.935 bits per heavy atom. The van der Waals surface area contributed by atoms with Gasteiger partial charge in [-0.05, 0) is 63.4 Å². The van der Waals surface area contributed by atoms with Gasteiger partial charge in [0.15, 0.2) is 0 Å². The molecule has 0 spiro atoms. The van der Waals surface area contributed by atoms with E-state index in [1.165, 1.54) is 0 Å². The molecule has 1 fully saturated rings. The van der Waals surface area contributed by atoms with E-state index in [9.17, 15) is 9.59 Å². The number of nitrogens with one attached hydrogen (secondary N) is 2. The monoisotopic (exact) mass is 421 g/mol. The summed E-state index contributed by atoms with van der Waals surface area (Å²) in [7, 11) is 0. The lowest BCUT2D eigenvalue weighted by Crippen LogP contribution is -2.47. The molecule has 0 aliphatic carbocycles. The summed E-state index contributed by atoms with van der Waals surface area (Å²) in [5, 5.41) is 6.23. The molecule has 0 aromatic heterocycles. The van der Waals surface area contributed by atoms with Gasteiger partial charge in [0.2, 0.25) is 11.8 Å². The van der Waals surface area contributed by atoms with Crippen LogP contribution in [0.2, 0.25) is 0 Å². The first-order valence-corrected chi connectivity index (χ1v) is 11.3. The Labute approximate surface area is 186 Å². The van der Waals surface area contributed by atoms with Crippen LogP contribution in [0.4, 0.5) is 5.69 Å². The molecular formula is C26H35N3O2. The molecule has 31 heavy (non-hydrogen) atoms. The van der Waals surface area contributed by atoms with Crippen molar-refractivity contribution < 1.29 is 9.59 Å². The van der Waals surface area contributed by atoms with Gasteiger partial charge in [0.25, 0.3) is 0 Å². The van der Waals surface area contributed by atoms with Gasteiger partial charge in [0.05, 0.1) is 0 Å². The predicted molar refractivity (Wildman–Crippen MR) is 126 cm³/mol. The molecule has 0 saturated carbocycles. The standard InChI is InChI=1S/C26H35N3O2/c1-18(2)20(4)27-25(30)22-14-16-29(17-15-22)24(21-8-6-5-7-9-21)26(31)28-23-12-10-19(3)11-13-23/h5-13,18,20,22,24H,14-17H2,1-4H3,(H,27,30)(H,28,31)/t20-,24+/m1/s1. The van der Waals surface area contributed by atoms with Gasteiger partial charge >= 0.3 is 0 Å². The number of amides is 2. The Hall–Kier alpha value is -2.66. The summed E-state index contributed by atoms with van der Waals surface area (Å²) in [5.74, 6) is 0.526. The van der Waals surface area contributed by atoms with E-state index >= 15 is 0 Å². The first-order chi connectivity index (χ1) is 14.8. The highest BCUT2D eigenvalue weighted by atomic mass is 16.2. The van der Waals surface area contributed by atoms with Crippen LogP contribution in [0.25, 0.3) is 0 Å². The first-order valence-electron chi connectivity index (χ1n) is 11.3. The third-order valence-corrected chi connectivity index (χ3v) is 6.32. The van der Waals surface area contributed by atoms with Crippen molar-refractivity contribution in [1.82, 2.24) is 10.2 Å². The molecule has 2 amide bonds. The van der Waals surface area contributed by atoms with Crippen molar-refractivity contribution in [3.63, 3.8) is 0 Å². The van der Waals surface area contributed by atoms with Gasteiger partial charge in [-0.2, -0.15) is 0 Å². The third kappa shape index (κ3) is 6.17. The predicted octanol–water partition coefficient (Wildman–Crippen LogP) is 4.55. The topological polar surface area (TPSA) is 61.4 Å². The summed E-state index contributed by atoms with van der Waals surface area (Å²) in [6, 6.07) is 17.6. The molecule has 1 aliphatic heterocycles. The molecule has 0 unspecified atom stereocenters. The van der Waals surface area contributed by atoms with E-state index in [0.29, 0.717) is 5.92 Å². The maximum absolute atomic E-state index is 13.3. The number of rotatable bonds is 7. The van der Waals surface area contributed by atoms with Crippen molar-refractivity contribution in [2.75, 3.05) is 18.4 Å². The smallest absolute Gasteiger partial charge is 0.246 e. The minimum atomic E-state index is -0.374. The second-order valence-corrected chi connectivity index (χ2v) is 9.02. The number of benzene rings is 2. The zero-order chi connectivity index (χ0) is 22.4. The molecule has 2 N–H and O–H groups in total. The van der Waals surface area contributed by atoms with Crippen LogP contribution in [0.15, 0.2) is 54.6 Å². The molecule has 166 valence electrons. The van der Waals surface area contributed by atoms with E-state index in [0.717, 1.165) is 42.7 Å². The number of hydrogen-bond acceptors (Lipinski definition) is 3. The summed E-state index contributed by atoms with van der Waals surface area (Å²) in [6.45, 7) is 9.75. The Balaban J connectivity index is 1.69. The number of nitrogens with zero attached hydrogens (tertiary/aromatic N) is 1. The lowest BCUT2D eigenvalue weighted by Gasteiger charge is -2.37. The molecule has 1 aliphatic rings. The number of likely N-dealkylation sites (tertiary alicyclic amines) is 1. The molecule has 2 aromatic rings. The summed E-state index contributed by atoms with van der Waals surface area (Å²) >= 11 is 0. The van der Waals surface area contributed by atoms with Crippen LogP contribution in [0.1, 0.15) is 50.8 Å². The quantitative estimate of drug-likeness (QED) is 0.690. The van der Waals surface area contributed by atoms with Crippen LogP contribution in [0, 0.1) is 18.8 Å². The van der Waals surface area contributed by atoms with E-state index in [1.54, 1.807) is 0 Å². The molecular weight excluding hydrogens is 386 g/mol. The van der Waals surface area contributed by atoms with Gasteiger partial charge in [-0.25, -0.2) is 0 Å². The van der Waals surface area contributed by atoms with E-state index in [2.05, 4.69) is 36.3 Å². The summed E-state index contributed by atoms with van der Waals surface area (Å²) in [5.41, 5.74) is 2.93. The molecule has 2 aromatic carbocycles. The van der Waals surface area contributed by atoms with Gasteiger partial charge in [-0.3, -0.25) is 14.5 Å². The zero-order valence-corrected chi connectivity index (χ0v) is 19.1. The average Bonchev–Trinajstić information content (AvgIpc) is 2.76. The van der Waals surface area contributed by atoms with Crippen LogP contribution in [-0.4, -0.2) is 35.8 Å². The summed E-state index contributed by atoms with van der Waals surface area (Å²) in [4.78, 5) is 28.2. The molecule has 0 bridgehead atoms. The van der Waals surface area contributed by atoms with Gasteiger partial charge in [0.1, 0.15) is 6.04 Å². The van der Waals surface area contributed by atoms with Crippen LogP contribution in [-0.2, 0) is 9.59 Å². The van der Waals surface area contributed by atoms with Crippen molar-refractivity contribution in [3.05, 3.63) is 65.7 Å². The Morgan fingerprint density at radius 3 is 2.13 bits per heavy atom. The van der Waals surface area contributed by atoms with Gasteiger partial charge < -0.3 is 10.6 Å². The van der Waals surface area contributed by atoms with E-state index in [-0.39, 0.29) is 29.8 Å². The summed E-state index contributed by atoms with van der Waals surface area (Å²) < 4.78 is 0. The van der Waals surface area contributed by atoms with E-state index in [4.69, 9.17) is 0 Å². The number of anilines is 1. The Bertz CT molecular complexity index is 856. The molecule has 1 saturated heterocycles. The highest BCUT2D eigenvalue weighted by Gasteiger charge is 2.33. The number of aryl methyl sites for hydroxylation is 1. The number of carbonyl (C=O) groups excluding carboxylic acids is 2. The maximum atomic E-state index is 13.3. The average molecular weight is 422 g/mol. The number of carbonyl (C=O) groups is 2. The van der Waals surface area contributed by atoms with E-state index in [1.807, 2.05) is 61.5 Å². The van der Waals surface area contributed by atoms with Crippen molar-refractivity contribution >= 4 is 17.5 Å². The lowest BCUT2D eigenvalue weighted by molar-refractivity contribution is -0.128. The van der Waals surface area contributed by atoms with Crippen LogP contribution in [0.5, 0.6) is 0 Å². The van der Waals surface area contributed by atoms with E-state index < -0.39 is 0 Å². The minimum absolute atomic E-state index is 0.00836. The second-order valence-electron chi connectivity index (χ2n) is 9.02.